The van der Waals surface area contributed by atoms with Gasteiger partial charge in [0.15, 0.2) is 0 Å². The SMILES string of the molecule is Cc1occc1C(=O)NCC(F)(F)C(F)F. The van der Waals surface area contributed by atoms with Gasteiger partial charge in [-0.1, -0.05) is 0 Å². The van der Waals surface area contributed by atoms with Crippen molar-refractivity contribution >= 4 is 5.91 Å². The molecule has 0 aliphatic rings. The summed E-state index contributed by atoms with van der Waals surface area (Å²) >= 11 is 0. The molecule has 0 atom stereocenters. The number of hydrogen-bond acceptors (Lipinski definition) is 2. The number of rotatable bonds is 4. The van der Waals surface area contributed by atoms with E-state index in [1.54, 1.807) is 5.32 Å². The zero-order chi connectivity index (χ0) is 12.3. The molecule has 0 aliphatic heterocycles. The van der Waals surface area contributed by atoms with Gasteiger partial charge < -0.3 is 9.73 Å². The number of aryl methyl sites for hydroxylation is 1. The number of hydrogen-bond donors (Lipinski definition) is 1. The maximum absolute atomic E-state index is 12.5. The van der Waals surface area contributed by atoms with E-state index in [9.17, 15) is 22.4 Å². The van der Waals surface area contributed by atoms with Crippen LogP contribution >= 0.6 is 0 Å². The van der Waals surface area contributed by atoms with Gasteiger partial charge >= 0.3 is 12.3 Å². The van der Waals surface area contributed by atoms with Gasteiger partial charge in [-0.2, -0.15) is 8.78 Å². The third kappa shape index (κ3) is 2.74. The molecule has 0 spiro atoms. The van der Waals surface area contributed by atoms with E-state index in [4.69, 9.17) is 4.42 Å². The fourth-order valence-electron chi connectivity index (χ4n) is 0.991. The highest BCUT2D eigenvalue weighted by Gasteiger charge is 2.40. The van der Waals surface area contributed by atoms with Gasteiger partial charge in [0.05, 0.1) is 18.4 Å². The summed E-state index contributed by atoms with van der Waals surface area (Å²) in [6, 6.07) is 1.27. The number of nitrogens with one attached hydrogen (secondary N) is 1. The molecule has 1 amide bonds. The van der Waals surface area contributed by atoms with Crippen LogP contribution < -0.4 is 5.32 Å². The Morgan fingerprint density at radius 1 is 1.56 bits per heavy atom. The topological polar surface area (TPSA) is 42.2 Å². The Morgan fingerprint density at radius 2 is 2.19 bits per heavy atom. The van der Waals surface area contributed by atoms with Crippen LogP contribution in [0.1, 0.15) is 16.1 Å². The molecule has 16 heavy (non-hydrogen) atoms. The lowest BCUT2D eigenvalue weighted by Crippen LogP contribution is -2.41. The molecular formula is C9H9F4NO2. The number of halogens is 4. The number of furan rings is 1. The Kier molecular flexibility index (Phi) is 3.56. The largest absolute Gasteiger partial charge is 0.469 e. The third-order valence-electron chi connectivity index (χ3n) is 1.91. The molecule has 1 aromatic heterocycles. The predicted octanol–water partition coefficient (Wildman–Crippen LogP) is 2.22. The normalized spacial score (nSPS) is 11.9. The van der Waals surface area contributed by atoms with Crippen LogP contribution in [0.15, 0.2) is 16.7 Å². The van der Waals surface area contributed by atoms with Crippen LogP contribution in [0.25, 0.3) is 0 Å². The fourth-order valence-corrected chi connectivity index (χ4v) is 0.991. The van der Waals surface area contributed by atoms with Crippen molar-refractivity contribution in [1.82, 2.24) is 5.32 Å². The molecule has 7 heteroatoms. The molecule has 1 N–H and O–H groups in total. The first-order valence-electron chi connectivity index (χ1n) is 4.33. The van der Waals surface area contributed by atoms with E-state index in [1.165, 1.54) is 19.3 Å². The Bertz CT molecular complexity index is 375. The molecule has 0 saturated carbocycles. The Balaban J connectivity index is 2.58. The van der Waals surface area contributed by atoms with Gasteiger partial charge in [0, 0.05) is 0 Å². The van der Waals surface area contributed by atoms with Crippen LogP contribution in [0, 0.1) is 6.92 Å². The number of amides is 1. The van der Waals surface area contributed by atoms with Crippen molar-refractivity contribution in [3.05, 3.63) is 23.7 Å². The smallest absolute Gasteiger partial charge is 0.324 e. The van der Waals surface area contributed by atoms with Gasteiger partial charge in [-0.3, -0.25) is 4.79 Å². The highest BCUT2D eigenvalue weighted by molar-refractivity contribution is 5.95. The second kappa shape index (κ2) is 4.54. The van der Waals surface area contributed by atoms with E-state index in [0.717, 1.165) is 0 Å². The molecule has 0 aliphatic carbocycles. The van der Waals surface area contributed by atoms with Crippen molar-refractivity contribution in [1.29, 1.82) is 0 Å². The molecule has 0 fully saturated rings. The van der Waals surface area contributed by atoms with Gasteiger partial charge in [-0.25, -0.2) is 8.78 Å². The minimum atomic E-state index is -4.23. The van der Waals surface area contributed by atoms with Gasteiger partial charge in [-0.05, 0) is 13.0 Å². The lowest BCUT2D eigenvalue weighted by Gasteiger charge is -2.15. The van der Waals surface area contributed by atoms with Crippen LogP contribution in [0.5, 0.6) is 0 Å². The lowest BCUT2D eigenvalue weighted by atomic mass is 10.2. The zero-order valence-corrected chi connectivity index (χ0v) is 8.27. The second-order valence-corrected chi connectivity index (χ2v) is 3.13. The van der Waals surface area contributed by atoms with Gasteiger partial charge in [0.2, 0.25) is 0 Å². The first-order valence-corrected chi connectivity index (χ1v) is 4.33. The van der Waals surface area contributed by atoms with Crippen LogP contribution in [-0.4, -0.2) is 24.8 Å². The van der Waals surface area contributed by atoms with E-state index >= 15 is 0 Å². The average molecular weight is 239 g/mol. The molecule has 0 unspecified atom stereocenters. The number of carbonyl (C=O) groups excluding carboxylic acids is 1. The highest BCUT2D eigenvalue weighted by Crippen LogP contribution is 2.21. The van der Waals surface area contributed by atoms with Crippen molar-refractivity contribution in [3.8, 4) is 0 Å². The van der Waals surface area contributed by atoms with Crippen LogP contribution in [0.2, 0.25) is 0 Å². The van der Waals surface area contributed by atoms with Gasteiger partial charge in [0.1, 0.15) is 5.76 Å². The Labute approximate surface area is 88.4 Å². The van der Waals surface area contributed by atoms with Crippen molar-refractivity contribution in [2.45, 2.75) is 19.3 Å². The van der Waals surface area contributed by atoms with Crippen molar-refractivity contribution in [2.24, 2.45) is 0 Å². The quantitative estimate of drug-likeness (QED) is 0.818. The lowest BCUT2D eigenvalue weighted by molar-refractivity contribution is -0.123. The van der Waals surface area contributed by atoms with E-state index in [2.05, 4.69) is 0 Å². The monoisotopic (exact) mass is 239 g/mol. The van der Waals surface area contributed by atoms with E-state index in [0.29, 0.717) is 0 Å². The Morgan fingerprint density at radius 3 is 2.62 bits per heavy atom. The van der Waals surface area contributed by atoms with Crippen molar-refractivity contribution < 1.29 is 26.8 Å². The molecular weight excluding hydrogens is 230 g/mol. The summed E-state index contributed by atoms with van der Waals surface area (Å²) in [6.45, 7) is 0.0499. The van der Waals surface area contributed by atoms with Crippen LogP contribution in [0.3, 0.4) is 0 Å². The molecule has 3 nitrogen and oxygen atoms in total. The van der Waals surface area contributed by atoms with Gasteiger partial charge in [-0.15, -0.1) is 0 Å². The molecule has 1 heterocycles. The summed E-state index contributed by atoms with van der Waals surface area (Å²) in [5, 5.41) is 1.72. The van der Waals surface area contributed by atoms with E-state index in [-0.39, 0.29) is 11.3 Å². The molecule has 90 valence electrons. The molecule has 0 radical (unpaired) electrons. The summed E-state index contributed by atoms with van der Waals surface area (Å²) in [7, 11) is 0. The van der Waals surface area contributed by atoms with E-state index < -0.39 is 24.8 Å². The molecule has 0 saturated heterocycles. The van der Waals surface area contributed by atoms with Crippen LogP contribution in [0.4, 0.5) is 17.6 Å². The average Bonchev–Trinajstić information content (AvgIpc) is 2.61. The third-order valence-corrected chi connectivity index (χ3v) is 1.91. The highest BCUT2D eigenvalue weighted by atomic mass is 19.3. The number of carbonyl (C=O) groups is 1. The predicted molar refractivity (Wildman–Crippen MR) is 46.7 cm³/mol. The fraction of sp³-hybridized carbons (Fsp3) is 0.444. The standard InChI is InChI=1S/C9H9F4NO2/c1-5-6(2-3-16-5)7(15)14-4-9(12,13)8(10)11/h2-3,8H,4H2,1H3,(H,14,15). The summed E-state index contributed by atoms with van der Waals surface area (Å²) in [4.78, 5) is 11.2. The molecule has 1 aromatic rings. The summed E-state index contributed by atoms with van der Waals surface area (Å²) in [5.41, 5.74) is 0.0464. The maximum Gasteiger partial charge on any atom is 0.324 e. The van der Waals surface area contributed by atoms with Crippen LogP contribution in [-0.2, 0) is 0 Å². The molecule has 1 rings (SSSR count). The number of alkyl halides is 4. The van der Waals surface area contributed by atoms with E-state index in [1.807, 2.05) is 0 Å². The van der Waals surface area contributed by atoms with Crippen molar-refractivity contribution in [2.75, 3.05) is 6.54 Å². The summed E-state index contributed by atoms with van der Waals surface area (Å²) in [5.74, 6) is -4.86. The zero-order valence-electron chi connectivity index (χ0n) is 8.27. The second-order valence-electron chi connectivity index (χ2n) is 3.13. The maximum atomic E-state index is 12.5. The molecule has 0 aromatic carbocycles. The molecule has 0 bridgehead atoms. The first kappa shape index (κ1) is 12.5. The minimum Gasteiger partial charge on any atom is -0.469 e. The summed E-state index contributed by atoms with van der Waals surface area (Å²) in [6.07, 6.45) is -2.60. The summed E-state index contributed by atoms with van der Waals surface area (Å²) < 4.78 is 53.2. The van der Waals surface area contributed by atoms with Gasteiger partial charge in [0.25, 0.3) is 5.91 Å². The Hall–Kier alpha value is -1.53. The first-order chi connectivity index (χ1) is 7.34. The van der Waals surface area contributed by atoms with Crippen molar-refractivity contribution in [3.63, 3.8) is 0 Å². The minimum absolute atomic E-state index is 0.0464.